The van der Waals surface area contributed by atoms with Crippen molar-refractivity contribution in [1.82, 2.24) is 93.6 Å². The predicted octanol–water partition coefficient (Wildman–Crippen LogP) is -5.73. The van der Waals surface area contributed by atoms with Crippen LogP contribution in [0.3, 0.4) is 0 Å². The highest BCUT2D eigenvalue weighted by molar-refractivity contribution is 8.76. The zero-order valence-electron chi connectivity index (χ0n) is 74.8. The lowest BCUT2D eigenvalue weighted by atomic mass is 10.00. The van der Waals surface area contributed by atoms with Crippen LogP contribution < -0.4 is 97.8 Å². The van der Waals surface area contributed by atoms with Crippen LogP contribution in [0.25, 0.3) is 22.1 Å². The first-order chi connectivity index (χ1) is 65.3. The number of nitrogens with two attached hydrogens (primary N) is 5. The second-order valence-electron chi connectivity index (χ2n) is 32.6. The summed E-state index contributed by atoms with van der Waals surface area (Å²) in [5.41, 5.74) is 32.1. The summed E-state index contributed by atoms with van der Waals surface area (Å²) in [6.07, 6.45) is -4.54. The molecule has 0 bridgehead atoms. The van der Waals surface area contributed by atoms with E-state index >= 15 is 14.4 Å². The van der Waals surface area contributed by atoms with Crippen molar-refractivity contribution < 1.29 is 121 Å². The lowest BCUT2D eigenvalue weighted by Crippen LogP contribution is -2.63. The van der Waals surface area contributed by atoms with Crippen LogP contribution in [0.1, 0.15) is 94.2 Å². The number of carboxylic acids is 1. The molecule has 20 atom stereocenters. The highest BCUT2D eigenvalue weighted by Gasteiger charge is 2.53. The van der Waals surface area contributed by atoms with Crippen molar-refractivity contribution >= 4 is 146 Å². The minimum Gasteiger partial charge on any atom is -0.480 e. The number of phosphoric acid groups is 1. The Bertz CT molecular complexity index is 5390. The van der Waals surface area contributed by atoms with Gasteiger partial charge in [0.05, 0.1) is 50.8 Å². The zero-order valence-corrected chi connectivity index (χ0v) is 77.3. The number of benzene rings is 4. The molecule has 0 spiro atoms. The van der Waals surface area contributed by atoms with Gasteiger partial charge in [-0.15, -0.1) is 0 Å². The van der Waals surface area contributed by atoms with Crippen LogP contribution in [0.4, 0.5) is 5.82 Å². The number of fused-ring (bicyclic) bond motifs is 3. The first-order valence-electron chi connectivity index (χ1n) is 43.7. The van der Waals surface area contributed by atoms with Crippen molar-refractivity contribution in [1.29, 1.82) is 0 Å². The minimum atomic E-state index is -4.16. The van der Waals surface area contributed by atoms with Crippen LogP contribution in [-0.2, 0) is 116 Å². The lowest BCUT2D eigenvalue weighted by molar-refractivity contribution is -0.142. The first-order valence-corrected chi connectivity index (χ1v) is 47.7. The summed E-state index contributed by atoms with van der Waals surface area (Å²) in [5, 5.41) is 86.4. The summed E-state index contributed by atoms with van der Waals surface area (Å²) in [7, 11) is -2.67. The molecule has 4 aromatic carbocycles. The number of aliphatic hydroxyl groups is 4. The number of unbranched alkanes of at least 4 members (excludes halogenated alkanes) is 2. The SMILES string of the molecule is CC(O)[C@@H]1NC(=O)[C@H](Cc2ccccc2)NC(=O)[C@H](C(C)O)NC(=O)[C@H](CCCCN)NC(=O)[C@H](Cc2c[nH]c3ccccc23)NC(=O)[C@H](Cc2ccccc2)NC(=O)[C@H](Cc2ccccc2)NC(=O)[C@H](CC(N)=O)NC(=O)[C@H](CCCCN)NC(=O)[C@@H](NC(=O)CNC(=O)[C@H](C)N)CSSC[C@@H](C(=O)O)NC(=O)[C@H](CO)NC1=O.Nc1ncnc2c1ncn2[C@@H]1O[C@@H]2COP(=O)(O)O[C@H]2[C@H]1O. The summed E-state index contributed by atoms with van der Waals surface area (Å²) in [6, 6.07) is 9.57. The molecular weight excluding hydrogens is 1850 g/mol. The summed E-state index contributed by atoms with van der Waals surface area (Å²) in [6.45, 7) is 1.72. The van der Waals surface area contributed by atoms with Crippen molar-refractivity contribution in [2.75, 3.05) is 50.1 Å². The Morgan fingerprint density at radius 3 is 1.53 bits per heavy atom. The standard InChI is InChI=1S/C76H104N18O19S2.C10H12N5O6P/c1-41(79)64(100)82-37-61(99)83-58-39-114-115-40-59(76(112)113)92-72(108)57(38-95)91-75(111)63(43(3)97)94-71(107)54(33-46-23-11-6-12-24-46)90-74(110)62(42(2)96)93-66(102)51(28-16-18-30-78)84-69(105)55(34-47-36-81-49-26-14-13-25-48(47)49)88-68(104)53(32-45-21-9-5-10-22-45)86-67(103)52(31-44-19-7-4-8-20-44)87-70(106)56(35-60(80)98)89-65(101)50(85-73(58)109)27-15-17-29-77;11-8-5-9(13-2-12-8)15(3-14-5)10-6(16)7-4(20-10)1-19-22(17,18)21-7/h4-14,19-26,36,41-43,50-59,62-63,81,95-97H,15-18,27-35,37-40,77-79H2,1-3H3,(H2,80,98)(H,82,100)(H,83,99)(H,84,105)(H,85,109)(H,86,103)(H,87,106)(H,88,104)(H,89,101)(H,90,110)(H,91,111)(H,92,108)(H,93,102)(H,94,107)(H,112,113);2-4,6-7,10,16H,1H2,(H,17,18)(H2,11,12,13)/t41-,42?,43?,50-,51-,52-,53-,54-,55-,56-,57-,58-,59-,62-,63-;4-,6-,7-,10-/m01/s1. The van der Waals surface area contributed by atoms with E-state index in [1.165, 1.54) is 24.1 Å². The molecule has 3 fully saturated rings. The molecule has 3 saturated heterocycles. The molecule has 3 unspecified atom stereocenters. The Morgan fingerprint density at radius 2 is 1.02 bits per heavy atom. The summed E-state index contributed by atoms with van der Waals surface area (Å²) >= 11 is 0. The number of imidazole rings is 1. The molecule has 137 heavy (non-hydrogen) atoms. The van der Waals surface area contributed by atoms with E-state index in [2.05, 4.69) is 93.6 Å². The fourth-order valence-corrected chi connectivity index (χ4v) is 17.9. The Balaban J connectivity index is 0.000000822. The van der Waals surface area contributed by atoms with Gasteiger partial charge in [0.15, 0.2) is 17.7 Å². The Morgan fingerprint density at radius 1 is 0.569 bits per heavy atom. The first kappa shape index (κ1) is 108. The Kier molecular flexibility index (Phi) is 41.4. The predicted molar refractivity (Wildman–Crippen MR) is 495 cm³/mol. The van der Waals surface area contributed by atoms with Gasteiger partial charge in [0, 0.05) is 54.3 Å². The summed E-state index contributed by atoms with van der Waals surface area (Å²) in [5.74, 6) is -17.5. The van der Waals surface area contributed by atoms with E-state index in [4.69, 9.17) is 37.9 Å². The Labute approximate surface area is 792 Å². The highest BCUT2D eigenvalue weighted by atomic mass is 33.1. The van der Waals surface area contributed by atoms with E-state index in [-0.39, 0.29) is 83.3 Å². The van der Waals surface area contributed by atoms with Crippen molar-refractivity contribution in [3.8, 4) is 0 Å². The number of nitrogens with one attached hydrogen (secondary N) is 14. The fourth-order valence-electron chi connectivity index (χ4n) is 14.6. The van der Waals surface area contributed by atoms with Crippen LogP contribution in [0, 0.1) is 0 Å². The molecule has 0 radical (unpaired) electrons. The zero-order chi connectivity index (χ0) is 99.7. The van der Waals surface area contributed by atoms with E-state index in [0.29, 0.717) is 50.7 Å². The maximum Gasteiger partial charge on any atom is 0.472 e. The molecule has 7 aromatic rings. The molecule has 742 valence electrons. The quantitative estimate of drug-likeness (QED) is 0.0130. The normalized spacial score (nSPS) is 26.1. The van der Waals surface area contributed by atoms with Crippen molar-refractivity contribution in [3.63, 3.8) is 0 Å². The van der Waals surface area contributed by atoms with E-state index < -0.39 is 243 Å². The number of primary amides is 1. The maximum atomic E-state index is 15.4. The third-order valence-electron chi connectivity index (χ3n) is 21.9. The van der Waals surface area contributed by atoms with Crippen LogP contribution in [-0.4, -0.2) is 297 Å². The number of rotatable bonds is 27. The number of carboxylic acid groups (broad SMARTS) is 1. The highest BCUT2D eigenvalue weighted by Crippen LogP contribution is 2.52. The van der Waals surface area contributed by atoms with E-state index in [1.807, 2.05) is 0 Å². The number of aliphatic hydroxyl groups excluding tert-OH is 4. The number of ether oxygens (including phenoxy) is 1. The number of phosphoric ester groups is 1. The average Bonchev–Trinajstić information content (AvgIpc) is 1.60. The van der Waals surface area contributed by atoms with Crippen LogP contribution in [0.15, 0.2) is 134 Å². The second-order valence-corrected chi connectivity index (χ2v) is 36.5. The number of hydrogen-bond acceptors (Lipinski definition) is 32. The lowest BCUT2D eigenvalue weighted by Gasteiger charge is -2.29. The second kappa shape index (κ2) is 52.6. The van der Waals surface area contributed by atoms with Gasteiger partial charge in [0.1, 0.15) is 103 Å². The van der Waals surface area contributed by atoms with Crippen LogP contribution in [0.5, 0.6) is 0 Å². The molecule has 14 amide bonds. The van der Waals surface area contributed by atoms with Gasteiger partial charge < -0.3 is 138 Å². The van der Waals surface area contributed by atoms with Gasteiger partial charge in [-0.05, 0) is 101 Å². The summed E-state index contributed by atoms with van der Waals surface area (Å²) < 4.78 is 28.2. The van der Waals surface area contributed by atoms with Gasteiger partial charge >= 0.3 is 13.8 Å². The number of aliphatic carboxylic acids is 1. The fraction of sp³-hybridized carbons (Fsp3) is 0.465. The Hall–Kier alpha value is -12.7. The monoisotopic (exact) mass is 1970 g/mol. The van der Waals surface area contributed by atoms with E-state index in [1.54, 1.807) is 121 Å². The number of anilines is 1. The molecule has 0 aliphatic carbocycles. The number of aromatic nitrogens is 5. The number of hydrogen-bond donors (Lipinski definition) is 25. The minimum absolute atomic E-state index is 0.104. The average molecular weight is 1970 g/mol. The smallest absolute Gasteiger partial charge is 0.472 e. The number of H-pyrrole nitrogens is 1. The molecule has 3 aromatic heterocycles. The van der Waals surface area contributed by atoms with Crippen LogP contribution in [0.2, 0.25) is 0 Å². The molecule has 48 nitrogen and oxygen atoms in total. The molecule has 6 heterocycles. The maximum absolute atomic E-state index is 15.4. The largest absolute Gasteiger partial charge is 0.480 e. The van der Waals surface area contributed by atoms with Crippen molar-refractivity contribution in [3.05, 3.63) is 156 Å². The van der Waals surface area contributed by atoms with Crippen molar-refractivity contribution in [2.45, 2.75) is 207 Å². The number of nitrogen functional groups attached to an aromatic ring is 1. The van der Waals surface area contributed by atoms with Gasteiger partial charge in [-0.25, -0.2) is 24.3 Å². The van der Waals surface area contributed by atoms with Gasteiger partial charge in [0.2, 0.25) is 82.7 Å². The number of amides is 14. The molecule has 30 N–H and O–H groups in total. The number of carbonyl (C=O) groups excluding carboxylic acids is 14. The molecule has 0 saturated carbocycles. The molecule has 51 heteroatoms. The number of nitrogens with zero attached hydrogens (tertiary/aromatic N) is 4. The van der Waals surface area contributed by atoms with E-state index in [0.717, 1.165) is 35.4 Å². The summed E-state index contributed by atoms with van der Waals surface area (Å²) in [4.78, 5) is 238. The van der Waals surface area contributed by atoms with Crippen molar-refractivity contribution in [2.24, 2.45) is 22.9 Å². The molecule has 3 aliphatic rings. The van der Waals surface area contributed by atoms with Crippen LogP contribution >= 0.6 is 29.4 Å². The van der Waals surface area contributed by atoms with Gasteiger partial charge in [-0.1, -0.05) is 131 Å². The van der Waals surface area contributed by atoms with Gasteiger partial charge in [0.25, 0.3) is 0 Å². The molecule has 10 rings (SSSR count). The number of carbonyl (C=O) groups is 15. The van der Waals surface area contributed by atoms with Gasteiger partial charge in [-0.3, -0.25) is 80.7 Å². The van der Waals surface area contributed by atoms with Gasteiger partial charge in [-0.2, -0.15) is 0 Å². The number of para-hydroxylation sites is 1. The molecular formula is C86H116N23O25PS2. The number of aromatic amines is 1. The van der Waals surface area contributed by atoms with E-state index in [9.17, 15) is 92.5 Å². The third-order valence-corrected chi connectivity index (χ3v) is 25.3. The molecule has 3 aliphatic heterocycles. The third kappa shape index (κ3) is 32.2. The topological polar surface area (TPSA) is 768 Å².